The van der Waals surface area contributed by atoms with Crippen molar-refractivity contribution in [3.05, 3.63) is 202 Å². The van der Waals surface area contributed by atoms with Gasteiger partial charge >= 0.3 is 0 Å². The molecule has 0 saturated heterocycles. The van der Waals surface area contributed by atoms with Crippen LogP contribution in [0.15, 0.2) is 158 Å². The third-order valence-corrected chi connectivity index (χ3v) is 13.0. The van der Waals surface area contributed by atoms with E-state index in [1.165, 1.54) is 33.4 Å². The van der Waals surface area contributed by atoms with Crippen LogP contribution in [0.5, 0.6) is 0 Å². The fourth-order valence-corrected chi connectivity index (χ4v) is 10.4. The molecule has 300 valence electrons. The average Bonchev–Trinajstić information content (AvgIpc) is 3.31. The van der Waals surface area contributed by atoms with E-state index < -0.39 is 0 Å². The minimum absolute atomic E-state index is 0.0374. The Bertz CT molecular complexity index is 2420. The first-order chi connectivity index (χ1) is 29.6. The second kappa shape index (κ2) is 16.3. The minimum atomic E-state index is -0.186. The SMILES string of the molecule is CCCN1c2ccncc2C(C(=O)C2=C(N3CCc4ccccc4C3)C(c3ccccc3)N(CCC)c3ccncc32)=C(N2CCc3ccccc3C2)C1c1ccccc1. The number of carbonyl (C=O) groups excluding carboxylic acids is 1. The van der Waals surface area contributed by atoms with E-state index in [9.17, 15) is 0 Å². The Labute approximate surface area is 354 Å². The lowest BCUT2D eigenvalue weighted by Crippen LogP contribution is -2.45. The quantitative estimate of drug-likeness (QED) is 0.137. The number of aromatic nitrogens is 2. The first-order valence-electron chi connectivity index (χ1n) is 21.8. The third kappa shape index (κ3) is 6.57. The summed E-state index contributed by atoms with van der Waals surface area (Å²) in [4.78, 5) is 36.6. The van der Waals surface area contributed by atoms with Crippen LogP contribution in [0.3, 0.4) is 0 Å². The molecule has 0 N–H and O–H groups in total. The van der Waals surface area contributed by atoms with Gasteiger partial charge < -0.3 is 19.6 Å². The van der Waals surface area contributed by atoms with E-state index in [4.69, 9.17) is 9.97 Å². The van der Waals surface area contributed by atoms with Gasteiger partial charge in [-0.15, -0.1) is 0 Å². The minimum Gasteiger partial charge on any atom is -0.368 e. The van der Waals surface area contributed by atoms with Gasteiger partial charge in [0.1, 0.15) is 0 Å². The van der Waals surface area contributed by atoms with Gasteiger partial charge in [-0.2, -0.15) is 0 Å². The number of anilines is 2. The summed E-state index contributed by atoms with van der Waals surface area (Å²) >= 11 is 0. The number of allylic oxidation sites excluding steroid dienone is 2. The molecule has 10 rings (SSSR count). The molecule has 4 aliphatic rings. The second-order valence-corrected chi connectivity index (χ2v) is 16.5. The summed E-state index contributed by atoms with van der Waals surface area (Å²) in [6.45, 7) is 9.24. The first-order valence-corrected chi connectivity index (χ1v) is 21.8. The van der Waals surface area contributed by atoms with Gasteiger partial charge in [-0.05, 0) is 71.2 Å². The number of pyridine rings is 2. The van der Waals surface area contributed by atoms with Crippen LogP contribution in [0.1, 0.15) is 83.3 Å². The highest BCUT2D eigenvalue weighted by Gasteiger charge is 2.45. The van der Waals surface area contributed by atoms with Crippen LogP contribution < -0.4 is 9.80 Å². The molecule has 2 aromatic heterocycles. The van der Waals surface area contributed by atoms with Gasteiger partial charge in [0.05, 0.1) is 34.6 Å². The monoisotopic (exact) mass is 788 g/mol. The van der Waals surface area contributed by atoms with Crippen molar-refractivity contribution >= 4 is 28.3 Å². The summed E-state index contributed by atoms with van der Waals surface area (Å²) < 4.78 is 0. The van der Waals surface area contributed by atoms with Crippen LogP contribution in [0.2, 0.25) is 0 Å². The van der Waals surface area contributed by atoms with Crippen molar-refractivity contribution in [2.75, 3.05) is 36.0 Å². The lowest BCUT2D eigenvalue weighted by Gasteiger charge is -2.48. The maximum absolute atomic E-state index is 16.9. The summed E-state index contributed by atoms with van der Waals surface area (Å²) in [5.41, 5.74) is 15.2. The number of nitrogens with zero attached hydrogens (tertiary/aromatic N) is 6. The van der Waals surface area contributed by atoms with Crippen molar-refractivity contribution in [1.29, 1.82) is 0 Å². The standard InChI is InChI=1S/C53H52N6O/c1-3-29-58-45-23-27-54-33-43(45)47(51(49(58)39-17-7-5-8-18-39)56-31-25-37-15-11-13-21-41(37)35-56)53(60)48-44-34-55-28-24-46(44)59(30-4-2)50(40-19-9-6-10-20-40)52(48)57-32-26-38-16-12-14-22-42(38)36-57/h5-24,27-28,33-34,49-50H,3-4,25-26,29-32,35-36H2,1-2H3. The Morgan fingerprint density at radius 3 is 1.35 bits per heavy atom. The molecule has 0 saturated carbocycles. The molecular weight excluding hydrogens is 737 g/mol. The maximum atomic E-state index is 16.9. The van der Waals surface area contributed by atoms with Crippen LogP contribution in [-0.2, 0) is 30.7 Å². The molecule has 2 unspecified atom stereocenters. The van der Waals surface area contributed by atoms with E-state index >= 15 is 4.79 Å². The zero-order valence-electron chi connectivity index (χ0n) is 34.7. The van der Waals surface area contributed by atoms with Crippen molar-refractivity contribution in [3.8, 4) is 0 Å². The molecule has 6 aromatic rings. The van der Waals surface area contributed by atoms with Crippen molar-refractivity contribution in [2.45, 2.75) is 64.7 Å². The highest BCUT2D eigenvalue weighted by molar-refractivity contribution is 6.44. The van der Waals surface area contributed by atoms with Crippen LogP contribution in [0, 0.1) is 0 Å². The zero-order valence-corrected chi connectivity index (χ0v) is 34.7. The van der Waals surface area contributed by atoms with Gasteiger partial charge in [-0.1, -0.05) is 123 Å². The number of hydrogen-bond acceptors (Lipinski definition) is 7. The highest BCUT2D eigenvalue weighted by atomic mass is 16.1. The molecule has 60 heavy (non-hydrogen) atoms. The molecule has 0 radical (unpaired) electrons. The van der Waals surface area contributed by atoms with E-state index in [0.717, 1.165) is 110 Å². The summed E-state index contributed by atoms with van der Waals surface area (Å²) in [6, 6.07) is 43.2. The lowest BCUT2D eigenvalue weighted by molar-refractivity contribution is -0.109. The van der Waals surface area contributed by atoms with Crippen LogP contribution in [0.4, 0.5) is 11.4 Å². The van der Waals surface area contributed by atoms with Crippen molar-refractivity contribution in [2.24, 2.45) is 0 Å². The number of carbonyl (C=O) groups is 1. The Hall–Kier alpha value is -6.47. The summed E-state index contributed by atoms with van der Waals surface area (Å²) in [6.07, 6.45) is 11.4. The molecule has 0 aliphatic carbocycles. The van der Waals surface area contributed by atoms with Crippen LogP contribution >= 0.6 is 0 Å². The first kappa shape index (κ1) is 37.8. The zero-order chi connectivity index (χ0) is 40.6. The van der Waals surface area contributed by atoms with Gasteiger partial charge in [-0.3, -0.25) is 14.8 Å². The van der Waals surface area contributed by atoms with Crippen LogP contribution in [0.25, 0.3) is 11.1 Å². The Morgan fingerprint density at radius 2 is 0.933 bits per heavy atom. The maximum Gasteiger partial charge on any atom is 0.198 e. The smallest absolute Gasteiger partial charge is 0.198 e. The molecular formula is C53H52N6O. The summed E-state index contributed by atoms with van der Waals surface area (Å²) in [5.74, 6) is 0.0374. The van der Waals surface area contributed by atoms with Crippen LogP contribution in [-0.4, -0.2) is 51.7 Å². The fraction of sp³-hybridized carbons (Fsp3) is 0.264. The van der Waals surface area contributed by atoms with Gasteiger partial charge in [-0.25, -0.2) is 0 Å². The van der Waals surface area contributed by atoms with E-state index in [1.807, 2.05) is 24.8 Å². The number of fused-ring (bicyclic) bond motifs is 4. The molecule has 7 nitrogen and oxygen atoms in total. The van der Waals surface area contributed by atoms with E-state index in [2.05, 4.69) is 155 Å². The van der Waals surface area contributed by atoms with Crippen molar-refractivity contribution in [3.63, 3.8) is 0 Å². The molecule has 4 aliphatic heterocycles. The number of rotatable bonds is 10. The fourth-order valence-electron chi connectivity index (χ4n) is 10.4. The molecule has 4 aromatic carbocycles. The molecule has 0 spiro atoms. The molecule has 6 heterocycles. The summed E-state index contributed by atoms with van der Waals surface area (Å²) in [5, 5.41) is 0. The molecule has 0 amide bonds. The van der Waals surface area contributed by atoms with Gasteiger partial charge in [0.2, 0.25) is 0 Å². The predicted molar refractivity (Wildman–Crippen MR) is 242 cm³/mol. The van der Waals surface area contributed by atoms with Gasteiger partial charge in [0, 0.05) is 86.6 Å². The molecule has 2 atom stereocenters. The average molecular weight is 789 g/mol. The predicted octanol–water partition coefficient (Wildman–Crippen LogP) is 10.2. The van der Waals surface area contributed by atoms with Gasteiger partial charge in [0.25, 0.3) is 0 Å². The summed E-state index contributed by atoms with van der Waals surface area (Å²) in [7, 11) is 0. The van der Waals surface area contributed by atoms with E-state index in [-0.39, 0.29) is 17.9 Å². The molecule has 0 bridgehead atoms. The Kier molecular flexibility index (Phi) is 10.3. The largest absolute Gasteiger partial charge is 0.368 e. The van der Waals surface area contributed by atoms with Crippen molar-refractivity contribution in [1.82, 2.24) is 19.8 Å². The topological polar surface area (TPSA) is 55.8 Å². The van der Waals surface area contributed by atoms with Gasteiger partial charge in [0.15, 0.2) is 5.78 Å². The normalized spacial score (nSPS) is 18.5. The van der Waals surface area contributed by atoms with Crippen molar-refractivity contribution < 1.29 is 4.79 Å². The number of hydrogen-bond donors (Lipinski definition) is 0. The molecule has 7 heteroatoms. The third-order valence-electron chi connectivity index (χ3n) is 13.0. The number of benzene rings is 4. The number of Topliss-reactive ketones (excluding diaryl/α,β-unsaturated/α-hetero) is 1. The second-order valence-electron chi connectivity index (χ2n) is 16.5. The Morgan fingerprint density at radius 1 is 0.533 bits per heavy atom. The number of ketones is 1. The molecule has 0 fully saturated rings. The Balaban J connectivity index is 1.29. The van der Waals surface area contributed by atoms with E-state index in [1.54, 1.807) is 0 Å². The lowest BCUT2D eigenvalue weighted by atomic mass is 9.79. The highest BCUT2D eigenvalue weighted by Crippen LogP contribution is 2.53. The van der Waals surface area contributed by atoms with E-state index in [0.29, 0.717) is 0 Å².